The number of aldehydes is 1. The summed E-state index contributed by atoms with van der Waals surface area (Å²) < 4.78 is 7.52. The lowest BCUT2D eigenvalue weighted by Gasteiger charge is -2.26. The van der Waals surface area contributed by atoms with Gasteiger partial charge in [-0.25, -0.2) is 4.98 Å². The topological polar surface area (TPSA) is 85.2 Å². The van der Waals surface area contributed by atoms with Gasteiger partial charge >= 0.3 is 0 Å². The van der Waals surface area contributed by atoms with Crippen molar-refractivity contribution in [3.8, 4) is 0 Å². The molecule has 31 heavy (non-hydrogen) atoms. The number of hydrogen-bond acceptors (Lipinski definition) is 7. The molecule has 0 atom stereocenters. The van der Waals surface area contributed by atoms with Crippen molar-refractivity contribution in [2.75, 3.05) is 44.7 Å². The number of anilines is 1. The molecule has 0 amide bonds. The largest absolute Gasteiger partial charge is 0.379 e. The standard InChI is InChI=1S/C23H30N6O2/c1-16-17(2)26-21(18(3)25-16)14-29-22-13-19(15-30)5-6-20(22)27-23(29)24-7-4-8-28-9-11-31-12-10-28/h5-6,13,15H,4,7-12,14H2,1-3H3,(H,24,27). The van der Waals surface area contributed by atoms with E-state index in [1.165, 1.54) is 0 Å². The molecule has 1 N–H and O–H groups in total. The molecule has 1 aromatic carbocycles. The summed E-state index contributed by atoms with van der Waals surface area (Å²) in [5.74, 6) is 0.791. The van der Waals surface area contributed by atoms with Gasteiger partial charge in [0.05, 0.1) is 53.6 Å². The fourth-order valence-electron chi connectivity index (χ4n) is 3.90. The summed E-state index contributed by atoms with van der Waals surface area (Å²) in [6.45, 7) is 12.0. The SMILES string of the molecule is Cc1nc(C)c(Cn2c(NCCCN3CCOCC3)nc3ccc(C=O)cc32)nc1C. The van der Waals surface area contributed by atoms with Gasteiger partial charge in [-0.15, -0.1) is 0 Å². The Labute approximate surface area is 182 Å². The number of aryl methyl sites for hydroxylation is 3. The minimum Gasteiger partial charge on any atom is -0.379 e. The first kappa shape index (κ1) is 21.4. The Balaban J connectivity index is 1.57. The van der Waals surface area contributed by atoms with Crippen molar-refractivity contribution in [2.45, 2.75) is 33.7 Å². The van der Waals surface area contributed by atoms with Crippen molar-refractivity contribution in [2.24, 2.45) is 0 Å². The number of carbonyl (C=O) groups is 1. The molecule has 0 bridgehead atoms. The maximum Gasteiger partial charge on any atom is 0.204 e. The maximum atomic E-state index is 11.3. The number of rotatable bonds is 8. The monoisotopic (exact) mass is 422 g/mol. The molecule has 0 unspecified atom stereocenters. The molecular formula is C23H30N6O2. The van der Waals surface area contributed by atoms with E-state index in [0.717, 1.165) is 91.9 Å². The lowest BCUT2D eigenvalue weighted by molar-refractivity contribution is 0.0378. The van der Waals surface area contributed by atoms with Crippen molar-refractivity contribution in [1.82, 2.24) is 24.4 Å². The average Bonchev–Trinajstić information content (AvgIpc) is 3.12. The molecule has 1 fully saturated rings. The highest BCUT2D eigenvalue weighted by Gasteiger charge is 2.15. The van der Waals surface area contributed by atoms with Crippen molar-refractivity contribution < 1.29 is 9.53 Å². The van der Waals surface area contributed by atoms with Gasteiger partial charge in [0.15, 0.2) is 0 Å². The van der Waals surface area contributed by atoms with Crippen LogP contribution in [-0.4, -0.2) is 70.1 Å². The van der Waals surface area contributed by atoms with Gasteiger partial charge in [0.1, 0.15) is 6.29 Å². The second-order valence-corrected chi connectivity index (χ2v) is 8.05. The lowest BCUT2D eigenvalue weighted by Crippen LogP contribution is -2.37. The van der Waals surface area contributed by atoms with Gasteiger partial charge in [0.2, 0.25) is 5.95 Å². The normalized spacial score (nSPS) is 14.8. The van der Waals surface area contributed by atoms with Crippen molar-refractivity contribution in [1.29, 1.82) is 0 Å². The van der Waals surface area contributed by atoms with Crippen LogP contribution in [0.4, 0.5) is 5.95 Å². The van der Waals surface area contributed by atoms with E-state index in [2.05, 4.69) is 19.8 Å². The van der Waals surface area contributed by atoms with Crippen LogP contribution < -0.4 is 5.32 Å². The first-order chi connectivity index (χ1) is 15.0. The van der Waals surface area contributed by atoms with E-state index in [1.54, 1.807) is 6.07 Å². The number of hydrogen-bond donors (Lipinski definition) is 1. The number of morpholine rings is 1. The molecule has 0 spiro atoms. The highest BCUT2D eigenvalue weighted by atomic mass is 16.5. The van der Waals surface area contributed by atoms with Gasteiger partial charge in [0.25, 0.3) is 0 Å². The summed E-state index contributed by atoms with van der Waals surface area (Å²) in [5, 5.41) is 3.50. The Bertz CT molecular complexity index is 1070. The first-order valence-electron chi connectivity index (χ1n) is 10.9. The third-order valence-electron chi connectivity index (χ3n) is 5.83. The molecule has 8 heteroatoms. The molecule has 0 radical (unpaired) electrons. The van der Waals surface area contributed by atoms with Gasteiger partial charge in [0, 0.05) is 25.2 Å². The van der Waals surface area contributed by atoms with Crippen LogP contribution in [0.15, 0.2) is 18.2 Å². The average molecular weight is 423 g/mol. The number of ether oxygens (including phenoxy) is 1. The number of imidazole rings is 1. The second-order valence-electron chi connectivity index (χ2n) is 8.05. The van der Waals surface area contributed by atoms with Crippen LogP contribution in [0, 0.1) is 20.8 Å². The van der Waals surface area contributed by atoms with Crippen molar-refractivity contribution >= 4 is 23.3 Å². The highest BCUT2D eigenvalue weighted by molar-refractivity contribution is 5.86. The van der Waals surface area contributed by atoms with Crippen LogP contribution in [0.25, 0.3) is 11.0 Å². The minimum atomic E-state index is 0.546. The van der Waals surface area contributed by atoms with Gasteiger partial charge in [-0.2, -0.15) is 0 Å². The number of carbonyl (C=O) groups excluding carboxylic acids is 1. The molecule has 2 aromatic heterocycles. The Morgan fingerprint density at radius 2 is 1.84 bits per heavy atom. The predicted octanol–water partition coefficient (Wildman–Crippen LogP) is 2.75. The van der Waals surface area contributed by atoms with Gasteiger partial charge in [-0.05, 0) is 51.9 Å². The molecular weight excluding hydrogens is 392 g/mol. The number of fused-ring (bicyclic) bond motifs is 1. The summed E-state index contributed by atoms with van der Waals surface area (Å²) in [5.41, 5.74) is 6.11. The van der Waals surface area contributed by atoms with Gasteiger partial charge in [-0.3, -0.25) is 19.7 Å². The second kappa shape index (κ2) is 9.53. The molecule has 1 aliphatic heterocycles. The van der Waals surface area contributed by atoms with Crippen molar-refractivity contribution in [3.05, 3.63) is 46.5 Å². The van der Waals surface area contributed by atoms with Crippen molar-refractivity contribution in [3.63, 3.8) is 0 Å². The fraction of sp³-hybridized carbons (Fsp3) is 0.478. The number of nitrogens with zero attached hydrogens (tertiary/aromatic N) is 5. The summed E-state index contributed by atoms with van der Waals surface area (Å²) in [7, 11) is 0. The zero-order chi connectivity index (χ0) is 21.8. The summed E-state index contributed by atoms with van der Waals surface area (Å²) in [6.07, 6.45) is 1.89. The third kappa shape index (κ3) is 4.91. The van der Waals surface area contributed by atoms with E-state index < -0.39 is 0 Å². The van der Waals surface area contributed by atoms with Gasteiger partial charge < -0.3 is 14.6 Å². The minimum absolute atomic E-state index is 0.546. The van der Waals surface area contributed by atoms with Gasteiger partial charge in [-0.1, -0.05) is 0 Å². The van der Waals surface area contributed by atoms with E-state index in [-0.39, 0.29) is 0 Å². The third-order valence-corrected chi connectivity index (χ3v) is 5.83. The zero-order valence-electron chi connectivity index (χ0n) is 18.5. The summed E-state index contributed by atoms with van der Waals surface area (Å²) in [6, 6.07) is 5.58. The molecule has 164 valence electrons. The van der Waals surface area contributed by atoms with E-state index in [9.17, 15) is 4.79 Å². The number of nitrogens with one attached hydrogen (secondary N) is 1. The van der Waals surface area contributed by atoms with Crippen LogP contribution in [0.2, 0.25) is 0 Å². The van der Waals surface area contributed by atoms with Crippen LogP contribution in [0.5, 0.6) is 0 Å². The van der Waals surface area contributed by atoms with Crippen LogP contribution in [0.1, 0.15) is 39.6 Å². The van der Waals surface area contributed by atoms with Crippen LogP contribution in [0.3, 0.4) is 0 Å². The Kier molecular flexibility index (Phi) is 6.58. The summed E-state index contributed by atoms with van der Waals surface area (Å²) in [4.78, 5) is 28.0. The number of benzene rings is 1. The first-order valence-corrected chi connectivity index (χ1v) is 10.9. The highest BCUT2D eigenvalue weighted by Crippen LogP contribution is 2.23. The van der Waals surface area contributed by atoms with E-state index in [1.807, 2.05) is 32.9 Å². The Morgan fingerprint density at radius 1 is 1.06 bits per heavy atom. The number of aromatic nitrogens is 4. The molecule has 3 aromatic rings. The Hall–Kier alpha value is -2.84. The molecule has 4 rings (SSSR count). The zero-order valence-corrected chi connectivity index (χ0v) is 18.5. The van der Waals surface area contributed by atoms with E-state index >= 15 is 0 Å². The quantitative estimate of drug-likeness (QED) is 0.441. The van der Waals surface area contributed by atoms with E-state index in [4.69, 9.17) is 14.7 Å². The fourth-order valence-corrected chi connectivity index (χ4v) is 3.90. The molecule has 1 aliphatic rings. The lowest BCUT2D eigenvalue weighted by atomic mass is 10.2. The summed E-state index contributed by atoms with van der Waals surface area (Å²) >= 11 is 0. The predicted molar refractivity (Wildman–Crippen MR) is 121 cm³/mol. The molecule has 0 saturated carbocycles. The molecule has 1 saturated heterocycles. The molecule has 0 aliphatic carbocycles. The van der Waals surface area contributed by atoms with Crippen LogP contribution in [-0.2, 0) is 11.3 Å². The molecule has 8 nitrogen and oxygen atoms in total. The Morgan fingerprint density at radius 3 is 2.61 bits per heavy atom. The van der Waals surface area contributed by atoms with Crippen LogP contribution >= 0.6 is 0 Å². The smallest absolute Gasteiger partial charge is 0.204 e. The maximum absolute atomic E-state index is 11.3. The molecule has 3 heterocycles. The van der Waals surface area contributed by atoms with E-state index in [0.29, 0.717) is 12.1 Å².